The highest BCUT2D eigenvalue weighted by atomic mass is 35.5. The van der Waals surface area contributed by atoms with Crippen molar-refractivity contribution in [2.75, 3.05) is 31.5 Å². The number of ether oxygens (including phenoxy) is 1. The Morgan fingerprint density at radius 1 is 1.24 bits per heavy atom. The fraction of sp³-hybridized carbons (Fsp3) is 0.467. The van der Waals surface area contributed by atoms with Crippen molar-refractivity contribution in [1.29, 1.82) is 0 Å². The van der Waals surface area contributed by atoms with Gasteiger partial charge in [-0.1, -0.05) is 12.1 Å². The summed E-state index contributed by atoms with van der Waals surface area (Å²) in [6.07, 6.45) is 1.93. The van der Waals surface area contributed by atoms with Gasteiger partial charge >= 0.3 is 0 Å². The molecule has 1 aromatic rings. The molecule has 0 saturated heterocycles. The molecule has 2 amide bonds. The van der Waals surface area contributed by atoms with Crippen LogP contribution in [0, 0.1) is 0 Å². The van der Waals surface area contributed by atoms with Crippen LogP contribution in [-0.2, 0) is 9.53 Å². The van der Waals surface area contributed by atoms with Crippen LogP contribution in [0.25, 0.3) is 0 Å². The lowest BCUT2D eigenvalue weighted by Crippen LogP contribution is -2.28. The molecule has 6 heteroatoms. The largest absolute Gasteiger partial charge is 0.383 e. The number of hydrogen-bond acceptors (Lipinski definition) is 3. The van der Waals surface area contributed by atoms with E-state index in [0.717, 1.165) is 12.8 Å². The quantitative estimate of drug-likeness (QED) is 0.543. The standard InChI is InChI=1S/C15H21ClN2O3/c1-21-11-10-17-15(20)12-6-2-3-7-13(12)18-14(19)8-4-5-9-16/h2-3,6-7H,4-5,8-11H2,1H3,(H,17,20)(H,18,19). The number of methoxy groups -OCH3 is 1. The molecular formula is C15H21ClN2O3. The zero-order chi connectivity index (χ0) is 15.5. The van der Waals surface area contributed by atoms with Crippen LogP contribution in [0.15, 0.2) is 24.3 Å². The summed E-state index contributed by atoms with van der Waals surface area (Å²) in [5.41, 5.74) is 0.961. The van der Waals surface area contributed by atoms with Crippen LogP contribution in [0.3, 0.4) is 0 Å². The zero-order valence-electron chi connectivity index (χ0n) is 12.2. The van der Waals surface area contributed by atoms with Crippen LogP contribution in [0.4, 0.5) is 5.69 Å². The molecule has 21 heavy (non-hydrogen) atoms. The summed E-state index contributed by atoms with van der Waals surface area (Å²) < 4.78 is 4.88. The van der Waals surface area contributed by atoms with Gasteiger partial charge in [-0.05, 0) is 25.0 Å². The normalized spacial score (nSPS) is 10.2. The minimum absolute atomic E-state index is 0.114. The first-order valence-corrected chi connectivity index (χ1v) is 7.44. The molecule has 5 nitrogen and oxygen atoms in total. The highest BCUT2D eigenvalue weighted by molar-refractivity contribution is 6.17. The molecule has 0 atom stereocenters. The minimum Gasteiger partial charge on any atom is -0.383 e. The third-order valence-corrected chi connectivity index (χ3v) is 3.09. The first-order chi connectivity index (χ1) is 10.2. The molecule has 0 bridgehead atoms. The van der Waals surface area contributed by atoms with Crippen molar-refractivity contribution in [3.63, 3.8) is 0 Å². The van der Waals surface area contributed by atoms with E-state index < -0.39 is 0 Å². The number of alkyl halides is 1. The second-order valence-electron chi connectivity index (χ2n) is 4.49. The van der Waals surface area contributed by atoms with Crippen molar-refractivity contribution >= 4 is 29.1 Å². The fourth-order valence-corrected chi connectivity index (χ4v) is 1.93. The first-order valence-electron chi connectivity index (χ1n) is 6.91. The molecular weight excluding hydrogens is 292 g/mol. The van der Waals surface area contributed by atoms with Gasteiger partial charge in [-0.2, -0.15) is 0 Å². The molecule has 0 aliphatic rings. The number of benzene rings is 1. The number of unbranched alkanes of at least 4 members (excludes halogenated alkanes) is 1. The number of halogens is 1. The summed E-state index contributed by atoms with van der Waals surface area (Å²) in [5.74, 6) is 0.201. The van der Waals surface area contributed by atoms with Crippen molar-refractivity contribution in [3.05, 3.63) is 29.8 Å². The van der Waals surface area contributed by atoms with Crippen LogP contribution in [0.5, 0.6) is 0 Å². The Labute approximate surface area is 130 Å². The number of carbonyl (C=O) groups is 2. The summed E-state index contributed by atoms with van der Waals surface area (Å²) in [6.45, 7) is 0.867. The van der Waals surface area contributed by atoms with Crippen LogP contribution < -0.4 is 10.6 Å². The molecule has 0 aliphatic heterocycles. The highest BCUT2D eigenvalue weighted by Crippen LogP contribution is 2.15. The zero-order valence-corrected chi connectivity index (χ0v) is 12.9. The topological polar surface area (TPSA) is 67.4 Å². The van der Waals surface area contributed by atoms with Gasteiger partial charge in [0.25, 0.3) is 5.91 Å². The van der Waals surface area contributed by atoms with Gasteiger partial charge in [-0.3, -0.25) is 9.59 Å². The van der Waals surface area contributed by atoms with Gasteiger partial charge in [-0.15, -0.1) is 11.6 Å². The molecule has 0 fully saturated rings. The molecule has 0 heterocycles. The Kier molecular flexibility index (Phi) is 8.47. The molecule has 1 aromatic carbocycles. The Morgan fingerprint density at radius 2 is 2.00 bits per heavy atom. The average Bonchev–Trinajstić information content (AvgIpc) is 2.48. The van der Waals surface area contributed by atoms with Crippen molar-refractivity contribution in [3.8, 4) is 0 Å². The average molecular weight is 313 g/mol. The summed E-state index contributed by atoms with van der Waals surface area (Å²) in [5, 5.41) is 5.50. The molecule has 0 aliphatic carbocycles. The van der Waals surface area contributed by atoms with Gasteiger partial charge in [0.15, 0.2) is 0 Å². The van der Waals surface area contributed by atoms with Crippen LogP contribution in [-0.4, -0.2) is 38.0 Å². The summed E-state index contributed by atoms with van der Waals surface area (Å²) >= 11 is 5.58. The number of para-hydroxylation sites is 1. The smallest absolute Gasteiger partial charge is 0.253 e. The lowest BCUT2D eigenvalue weighted by molar-refractivity contribution is -0.116. The third-order valence-electron chi connectivity index (χ3n) is 2.82. The number of rotatable bonds is 9. The van der Waals surface area contributed by atoms with Crippen molar-refractivity contribution < 1.29 is 14.3 Å². The number of nitrogens with one attached hydrogen (secondary N) is 2. The van der Waals surface area contributed by atoms with Crippen LogP contribution in [0.2, 0.25) is 0 Å². The van der Waals surface area contributed by atoms with E-state index in [0.29, 0.717) is 36.7 Å². The molecule has 116 valence electrons. The maximum atomic E-state index is 12.0. The molecule has 1 rings (SSSR count). The number of anilines is 1. The second kappa shape index (κ2) is 10.2. The monoisotopic (exact) mass is 312 g/mol. The van der Waals surface area contributed by atoms with Crippen LogP contribution >= 0.6 is 11.6 Å². The van der Waals surface area contributed by atoms with E-state index in [9.17, 15) is 9.59 Å². The van der Waals surface area contributed by atoms with E-state index in [1.807, 2.05) is 0 Å². The van der Waals surface area contributed by atoms with E-state index in [4.69, 9.17) is 16.3 Å². The van der Waals surface area contributed by atoms with Crippen molar-refractivity contribution in [2.24, 2.45) is 0 Å². The van der Waals surface area contributed by atoms with Gasteiger partial charge in [0.2, 0.25) is 5.91 Å². The van der Waals surface area contributed by atoms with Gasteiger partial charge < -0.3 is 15.4 Å². The van der Waals surface area contributed by atoms with E-state index in [-0.39, 0.29) is 11.8 Å². The molecule has 0 radical (unpaired) electrons. The van der Waals surface area contributed by atoms with E-state index in [1.165, 1.54) is 0 Å². The highest BCUT2D eigenvalue weighted by Gasteiger charge is 2.12. The van der Waals surface area contributed by atoms with Crippen LogP contribution in [0.1, 0.15) is 29.6 Å². The fourth-order valence-electron chi connectivity index (χ4n) is 1.74. The van der Waals surface area contributed by atoms with Crippen molar-refractivity contribution in [1.82, 2.24) is 5.32 Å². The summed E-state index contributed by atoms with van der Waals surface area (Å²) in [4.78, 5) is 23.9. The molecule has 0 unspecified atom stereocenters. The second-order valence-corrected chi connectivity index (χ2v) is 4.87. The Hall–Kier alpha value is -1.59. The predicted molar refractivity (Wildman–Crippen MR) is 83.9 cm³/mol. The van der Waals surface area contributed by atoms with E-state index in [1.54, 1.807) is 31.4 Å². The molecule has 0 aromatic heterocycles. The Balaban J connectivity index is 2.61. The summed E-state index contributed by atoms with van der Waals surface area (Å²) in [7, 11) is 1.57. The van der Waals surface area contributed by atoms with Gasteiger partial charge in [0.05, 0.1) is 17.9 Å². The van der Waals surface area contributed by atoms with Gasteiger partial charge in [0, 0.05) is 26.0 Å². The minimum atomic E-state index is -0.233. The van der Waals surface area contributed by atoms with Gasteiger partial charge in [0.1, 0.15) is 0 Å². The predicted octanol–water partition coefficient (Wildman–Crippen LogP) is 2.41. The molecule has 2 N–H and O–H groups in total. The number of amides is 2. The first kappa shape index (κ1) is 17.5. The maximum Gasteiger partial charge on any atom is 0.253 e. The van der Waals surface area contributed by atoms with Crippen molar-refractivity contribution in [2.45, 2.75) is 19.3 Å². The molecule has 0 spiro atoms. The lowest BCUT2D eigenvalue weighted by atomic mass is 10.1. The van der Waals surface area contributed by atoms with Gasteiger partial charge in [-0.25, -0.2) is 0 Å². The maximum absolute atomic E-state index is 12.0. The molecule has 0 saturated carbocycles. The third kappa shape index (κ3) is 6.60. The van der Waals surface area contributed by atoms with E-state index in [2.05, 4.69) is 10.6 Å². The number of carbonyl (C=O) groups excluding carboxylic acids is 2. The van der Waals surface area contributed by atoms with E-state index >= 15 is 0 Å². The Morgan fingerprint density at radius 3 is 2.71 bits per heavy atom. The SMILES string of the molecule is COCCNC(=O)c1ccccc1NC(=O)CCCCCl. The summed E-state index contributed by atoms with van der Waals surface area (Å²) in [6, 6.07) is 6.93. The lowest BCUT2D eigenvalue weighted by Gasteiger charge is -2.11. The Bertz CT molecular complexity index is 466. The number of hydrogen-bond donors (Lipinski definition) is 2.